The van der Waals surface area contributed by atoms with E-state index < -0.39 is 28.5 Å². The molecule has 0 aliphatic carbocycles. The highest BCUT2D eigenvalue weighted by Gasteiger charge is 2.31. The highest BCUT2D eigenvalue weighted by molar-refractivity contribution is 6.35. The molecule has 0 radical (unpaired) electrons. The third-order valence-electron chi connectivity index (χ3n) is 2.45. The molecule has 1 N–H and O–H groups in total. The molecular formula is C12H13NO7. The zero-order valence-corrected chi connectivity index (χ0v) is 10.9. The molecule has 1 aromatic rings. The maximum absolute atomic E-state index is 11.6. The number of aliphatic hydroxyl groups excluding tert-OH is 1. The summed E-state index contributed by atoms with van der Waals surface area (Å²) in [5.74, 6) is -2.32. The Morgan fingerprint density at radius 2 is 2.10 bits per heavy atom. The second kappa shape index (κ2) is 6.62. The van der Waals surface area contributed by atoms with Crippen molar-refractivity contribution in [2.45, 2.75) is 13.0 Å². The molecule has 8 heteroatoms. The second-order valence-corrected chi connectivity index (χ2v) is 3.67. The Bertz CT molecular complexity index is 541. The Hall–Kier alpha value is -2.48. The molecule has 0 heterocycles. The van der Waals surface area contributed by atoms with Crippen LogP contribution in [0.2, 0.25) is 0 Å². The van der Waals surface area contributed by atoms with Gasteiger partial charge in [-0.3, -0.25) is 14.9 Å². The van der Waals surface area contributed by atoms with Crippen LogP contribution in [0.1, 0.15) is 18.6 Å². The van der Waals surface area contributed by atoms with Crippen LogP contribution < -0.4 is 4.74 Å². The number of nitro groups is 1. The largest absolute Gasteiger partial charge is 0.497 e. The van der Waals surface area contributed by atoms with Crippen LogP contribution in [-0.4, -0.2) is 35.5 Å². The van der Waals surface area contributed by atoms with Crippen molar-refractivity contribution in [2.75, 3.05) is 13.7 Å². The first kappa shape index (κ1) is 15.6. The quantitative estimate of drug-likeness (QED) is 0.354. The van der Waals surface area contributed by atoms with Gasteiger partial charge < -0.3 is 14.6 Å². The number of rotatable bonds is 6. The molecule has 108 valence electrons. The number of carbonyl (C=O) groups is 2. The Morgan fingerprint density at radius 3 is 2.60 bits per heavy atom. The van der Waals surface area contributed by atoms with E-state index in [1.807, 2.05) is 0 Å². The van der Waals surface area contributed by atoms with Gasteiger partial charge in [0.1, 0.15) is 5.75 Å². The SMILES string of the molecule is CCOC(=O)C(=O)[C@@H](O)c1ccc(OC)cc1[N+](=O)[O-]. The van der Waals surface area contributed by atoms with Crippen molar-refractivity contribution in [3.63, 3.8) is 0 Å². The van der Waals surface area contributed by atoms with Crippen molar-refractivity contribution in [3.8, 4) is 5.75 Å². The first-order valence-corrected chi connectivity index (χ1v) is 5.63. The third kappa shape index (κ3) is 3.29. The average Bonchev–Trinajstić information content (AvgIpc) is 2.45. The van der Waals surface area contributed by atoms with Gasteiger partial charge in [0.05, 0.1) is 30.3 Å². The molecule has 8 nitrogen and oxygen atoms in total. The van der Waals surface area contributed by atoms with Gasteiger partial charge in [-0.15, -0.1) is 0 Å². The molecule has 0 bridgehead atoms. The number of carbonyl (C=O) groups excluding carboxylic acids is 2. The Kier molecular flexibility index (Phi) is 5.15. The number of hydrogen-bond acceptors (Lipinski definition) is 7. The van der Waals surface area contributed by atoms with E-state index in [1.165, 1.54) is 20.1 Å². The Morgan fingerprint density at radius 1 is 1.45 bits per heavy atom. The number of hydrogen-bond donors (Lipinski definition) is 1. The van der Waals surface area contributed by atoms with Crippen molar-refractivity contribution < 1.29 is 29.1 Å². The van der Waals surface area contributed by atoms with Gasteiger partial charge in [0.25, 0.3) is 11.5 Å². The second-order valence-electron chi connectivity index (χ2n) is 3.67. The summed E-state index contributed by atoms with van der Waals surface area (Å²) in [6.07, 6.45) is -1.96. The van der Waals surface area contributed by atoms with E-state index in [4.69, 9.17) is 4.74 Å². The summed E-state index contributed by atoms with van der Waals surface area (Å²) in [4.78, 5) is 33.0. The molecule has 1 rings (SSSR count). The van der Waals surface area contributed by atoms with Crippen LogP contribution in [-0.2, 0) is 14.3 Å². The van der Waals surface area contributed by atoms with E-state index in [0.717, 1.165) is 12.1 Å². The molecule has 0 spiro atoms. The van der Waals surface area contributed by atoms with Crippen LogP contribution in [0.4, 0.5) is 5.69 Å². The van der Waals surface area contributed by atoms with Crippen LogP contribution >= 0.6 is 0 Å². The Balaban J connectivity index is 3.15. The van der Waals surface area contributed by atoms with Crippen molar-refractivity contribution in [3.05, 3.63) is 33.9 Å². The molecule has 0 aliphatic rings. The first-order valence-electron chi connectivity index (χ1n) is 5.63. The summed E-state index contributed by atoms with van der Waals surface area (Å²) in [6, 6.07) is 3.54. The average molecular weight is 283 g/mol. The highest BCUT2D eigenvalue weighted by Crippen LogP contribution is 2.29. The van der Waals surface area contributed by atoms with Gasteiger partial charge in [0, 0.05) is 0 Å². The molecule has 0 amide bonds. The summed E-state index contributed by atoms with van der Waals surface area (Å²) in [5, 5.41) is 20.7. The lowest BCUT2D eigenvalue weighted by atomic mass is 10.0. The standard InChI is InChI=1S/C12H13NO7/c1-3-20-12(16)11(15)10(14)8-5-4-7(19-2)6-9(8)13(17)18/h4-6,10,14H,3H2,1-2H3/t10-/m0/s1. The predicted molar refractivity (Wildman–Crippen MR) is 66.2 cm³/mol. The summed E-state index contributed by atoms with van der Waals surface area (Å²) in [7, 11) is 1.32. The van der Waals surface area contributed by atoms with Crippen LogP contribution in [0.3, 0.4) is 0 Å². The Labute approximate surface area is 114 Å². The van der Waals surface area contributed by atoms with Crippen molar-refractivity contribution in [2.24, 2.45) is 0 Å². The van der Waals surface area contributed by atoms with Gasteiger partial charge in [-0.1, -0.05) is 0 Å². The van der Waals surface area contributed by atoms with Crippen LogP contribution in [0, 0.1) is 10.1 Å². The molecule has 0 saturated carbocycles. The number of ether oxygens (including phenoxy) is 2. The zero-order chi connectivity index (χ0) is 15.3. The van der Waals surface area contributed by atoms with E-state index in [2.05, 4.69) is 4.74 Å². The van der Waals surface area contributed by atoms with Crippen LogP contribution in [0.5, 0.6) is 5.75 Å². The monoisotopic (exact) mass is 283 g/mol. The molecule has 0 aliphatic heterocycles. The van der Waals surface area contributed by atoms with E-state index >= 15 is 0 Å². The normalized spacial score (nSPS) is 11.6. The molecule has 1 aromatic carbocycles. The number of nitro benzene ring substituents is 1. The summed E-state index contributed by atoms with van der Waals surface area (Å²) in [5.41, 5.74) is -0.816. The molecule has 0 fully saturated rings. The molecule has 0 aromatic heterocycles. The highest BCUT2D eigenvalue weighted by atomic mass is 16.6. The lowest BCUT2D eigenvalue weighted by molar-refractivity contribution is -0.386. The minimum Gasteiger partial charge on any atom is -0.497 e. The summed E-state index contributed by atoms with van der Waals surface area (Å²) < 4.78 is 9.27. The fraction of sp³-hybridized carbons (Fsp3) is 0.333. The number of aliphatic hydroxyl groups is 1. The molecule has 1 atom stereocenters. The lowest BCUT2D eigenvalue weighted by Gasteiger charge is -2.10. The van der Waals surface area contributed by atoms with E-state index in [-0.39, 0.29) is 17.9 Å². The number of esters is 1. The fourth-order valence-electron chi connectivity index (χ4n) is 1.49. The van der Waals surface area contributed by atoms with Gasteiger partial charge in [-0.05, 0) is 19.1 Å². The van der Waals surface area contributed by atoms with E-state index in [1.54, 1.807) is 0 Å². The molecule has 0 unspecified atom stereocenters. The predicted octanol–water partition coefficient (Wildman–Crippen LogP) is 0.769. The number of nitrogens with zero attached hydrogens (tertiary/aromatic N) is 1. The number of Topliss-reactive ketones (excluding diaryl/α,β-unsaturated/α-hetero) is 1. The first-order chi connectivity index (χ1) is 9.42. The smallest absolute Gasteiger partial charge is 0.377 e. The summed E-state index contributed by atoms with van der Waals surface area (Å²) >= 11 is 0. The minimum atomic E-state index is -1.96. The summed E-state index contributed by atoms with van der Waals surface area (Å²) in [6.45, 7) is 1.45. The number of benzene rings is 1. The topological polar surface area (TPSA) is 116 Å². The van der Waals surface area contributed by atoms with Crippen molar-refractivity contribution in [1.82, 2.24) is 0 Å². The number of methoxy groups -OCH3 is 1. The minimum absolute atomic E-state index is 0.0397. The van der Waals surface area contributed by atoms with E-state index in [9.17, 15) is 24.8 Å². The lowest BCUT2D eigenvalue weighted by Crippen LogP contribution is -2.24. The fourth-order valence-corrected chi connectivity index (χ4v) is 1.49. The number of ketones is 1. The zero-order valence-electron chi connectivity index (χ0n) is 10.9. The van der Waals surface area contributed by atoms with E-state index in [0.29, 0.717) is 0 Å². The maximum atomic E-state index is 11.6. The van der Waals surface area contributed by atoms with Crippen molar-refractivity contribution in [1.29, 1.82) is 0 Å². The van der Waals surface area contributed by atoms with Gasteiger partial charge in [0.15, 0.2) is 6.10 Å². The van der Waals surface area contributed by atoms with Crippen molar-refractivity contribution >= 4 is 17.4 Å². The van der Waals surface area contributed by atoms with Gasteiger partial charge in [-0.25, -0.2) is 4.79 Å². The van der Waals surface area contributed by atoms with Gasteiger partial charge >= 0.3 is 5.97 Å². The molecule has 0 saturated heterocycles. The molecular weight excluding hydrogens is 270 g/mol. The maximum Gasteiger partial charge on any atom is 0.377 e. The third-order valence-corrected chi connectivity index (χ3v) is 2.45. The van der Waals surface area contributed by atoms with Gasteiger partial charge in [0.2, 0.25) is 0 Å². The van der Waals surface area contributed by atoms with Crippen LogP contribution in [0.15, 0.2) is 18.2 Å². The van der Waals surface area contributed by atoms with Gasteiger partial charge in [-0.2, -0.15) is 0 Å². The molecule has 20 heavy (non-hydrogen) atoms. The van der Waals surface area contributed by atoms with Crippen LogP contribution in [0.25, 0.3) is 0 Å².